The number of benzene rings is 2. The molecule has 1 aliphatic heterocycles. The second-order valence-corrected chi connectivity index (χ2v) is 8.10. The highest BCUT2D eigenvalue weighted by molar-refractivity contribution is 5.36. The van der Waals surface area contributed by atoms with Gasteiger partial charge in [-0.15, -0.1) is 0 Å². The van der Waals surface area contributed by atoms with E-state index in [-0.39, 0.29) is 16.7 Å². The molecule has 0 fully saturated rings. The molecule has 1 aliphatic rings. The number of nitro groups is 1. The Bertz CT molecular complexity index is 991. The topological polar surface area (TPSA) is 51.3 Å². The van der Waals surface area contributed by atoms with Gasteiger partial charge in [-0.2, -0.15) is 0 Å². The van der Waals surface area contributed by atoms with Gasteiger partial charge in [-0.25, -0.2) is 0 Å². The number of aromatic nitrogens is 1. The van der Waals surface area contributed by atoms with Crippen molar-refractivity contribution in [2.45, 2.75) is 45.3 Å². The fourth-order valence-corrected chi connectivity index (χ4v) is 4.26. The first-order valence-electron chi connectivity index (χ1n) is 10.2. The van der Waals surface area contributed by atoms with Crippen molar-refractivity contribution in [1.82, 2.24) is 9.47 Å². The molecule has 1 aromatic heterocycles. The fraction of sp³-hybridized carbons (Fsp3) is 0.333. The summed E-state index contributed by atoms with van der Waals surface area (Å²) in [4.78, 5) is 13.3. The zero-order valence-corrected chi connectivity index (χ0v) is 17.0. The second kappa shape index (κ2) is 8.21. The van der Waals surface area contributed by atoms with Gasteiger partial charge in [-0.3, -0.25) is 15.0 Å². The van der Waals surface area contributed by atoms with Gasteiger partial charge in [0.15, 0.2) is 0 Å². The summed E-state index contributed by atoms with van der Waals surface area (Å²) in [7, 11) is 0. The van der Waals surface area contributed by atoms with Crippen LogP contribution in [0.1, 0.15) is 54.6 Å². The van der Waals surface area contributed by atoms with Crippen molar-refractivity contribution in [2.24, 2.45) is 0 Å². The molecule has 2 aromatic carbocycles. The van der Waals surface area contributed by atoms with Crippen molar-refractivity contribution in [3.05, 3.63) is 99.4 Å². The van der Waals surface area contributed by atoms with Crippen LogP contribution in [0.15, 0.2) is 66.9 Å². The van der Waals surface area contributed by atoms with Crippen LogP contribution in [0.25, 0.3) is 0 Å². The van der Waals surface area contributed by atoms with Gasteiger partial charge in [0, 0.05) is 43.7 Å². The van der Waals surface area contributed by atoms with Crippen molar-refractivity contribution < 1.29 is 4.92 Å². The number of fused-ring (bicyclic) bond motifs is 1. The quantitative estimate of drug-likeness (QED) is 0.427. The Hall–Kier alpha value is -2.92. The number of nitrogens with zero attached hydrogens (tertiary/aromatic N) is 3. The summed E-state index contributed by atoms with van der Waals surface area (Å²) in [6, 6.07) is 20.4. The molecule has 1 atom stereocenters. The van der Waals surface area contributed by atoms with Crippen LogP contribution in [0, 0.1) is 10.1 Å². The minimum atomic E-state index is -0.320. The molecule has 4 rings (SSSR count). The molecule has 0 bridgehead atoms. The van der Waals surface area contributed by atoms with E-state index < -0.39 is 0 Å². The number of non-ortho nitro benzene ring substituents is 1. The van der Waals surface area contributed by atoms with E-state index in [4.69, 9.17) is 0 Å². The van der Waals surface area contributed by atoms with Crippen LogP contribution in [-0.2, 0) is 13.1 Å². The number of nitro benzene ring substituents is 1. The van der Waals surface area contributed by atoms with E-state index >= 15 is 0 Å². The molecular weight excluding hydrogens is 362 g/mol. The molecule has 0 saturated carbocycles. The molecule has 29 heavy (non-hydrogen) atoms. The molecule has 3 aromatic rings. The van der Waals surface area contributed by atoms with Gasteiger partial charge in [-0.1, -0.05) is 50.2 Å². The van der Waals surface area contributed by atoms with Crippen LogP contribution in [-0.4, -0.2) is 20.9 Å². The van der Waals surface area contributed by atoms with Crippen molar-refractivity contribution in [2.75, 3.05) is 6.54 Å². The summed E-state index contributed by atoms with van der Waals surface area (Å²) in [6.45, 7) is 7.04. The minimum absolute atomic E-state index is 0.132. The van der Waals surface area contributed by atoms with Gasteiger partial charge in [0.2, 0.25) is 0 Å². The lowest BCUT2D eigenvalue weighted by Crippen LogP contribution is -2.29. The number of hydrogen-bond acceptors (Lipinski definition) is 3. The first-order valence-corrected chi connectivity index (χ1v) is 10.2. The molecule has 150 valence electrons. The molecular formula is C24H27N3O2. The highest BCUT2D eigenvalue weighted by Gasteiger charge is 2.27. The first kappa shape index (κ1) is 19.4. The number of hydrogen-bond donors (Lipinski definition) is 0. The number of aryl methyl sites for hydroxylation is 1. The number of rotatable bonds is 5. The van der Waals surface area contributed by atoms with E-state index in [1.54, 1.807) is 18.2 Å². The molecule has 0 radical (unpaired) electrons. The fourth-order valence-electron chi connectivity index (χ4n) is 4.26. The lowest BCUT2D eigenvalue weighted by Gasteiger charge is -2.31. The summed E-state index contributed by atoms with van der Waals surface area (Å²) in [5.74, 6) is 0.503. The Morgan fingerprint density at radius 1 is 1.07 bits per heavy atom. The third-order valence-electron chi connectivity index (χ3n) is 5.78. The Morgan fingerprint density at radius 3 is 2.59 bits per heavy atom. The lowest BCUT2D eigenvalue weighted by molar-refractivity contribution is -0.384. The van der Waals surface area contributed by atoms with E-state index in [2.05, 4.69) is 65.9 Å². The molecule has 0 saturated heterocycles. The van der Waals surface area contributed by atoms with Crippen LogP contribution >= 0.6 is 0 Å². The predicted molar refractivity (Wildman–Crippen MR) is 115 cm³/mol. The molecule has 0 amide bonds. The smallest absolute Gasteiger partial charge is 0.269 e. The van der Waals surface area contributed by atoms with Crippen molar-refractivity contribution >= 4 is 5.69 Å². The van der Waals surface area contributed by atoms with Crippen LogP contribution in [0.2, 0.25) is 0 Å². The SMILES string of the molecule is CC(C)c1ccc([C@@H]2c3cccn3CCCN2Cc2cccc([N+](=O)[O-])c2)cc1. The van der Waals surface area contributed by atoms with Crippen LogP contribution in [0.5, 0.6) is 0 Å². The van der Waals surface area contributed by atoms with E-state index in [1.807, 2.05) is 6.07 Å². The molecule has 0 N–H and O–H groups in total. The van der Waals surface area contributed by atoms with Gasteiger partial charge in [0.1, 0.15) is 0 Å². The van der Waals surface area contributed by atoms with E-state index in [1.165, 1.54) is 16.8 Å². The van der Waals surface area contributed by atoms with Gasteiger partial charge < -0.3 is 4.57 Å². The zero-order chi connectivity index (χ0) is 20.4. The average molecular weight is 389 g/mol. The Morgan fingerprint density at radius 2 is 1.86 bits per heavy atom. The highest BCUT2D eigenvalue weighted by atomic mass is 16.6. The van der Waals surface area contributed by atoms with Crippen molar-refractivity contribution in [3.63, 3.8) is 0 Å². The van der Waals surface area contributed by atoms with Crippen molar-refractivity contribution in [1.29, 1.82) is 0 Å². The lowest BCUT2D eigenvalue weighted by atomic mass is 9.96. The Labute approximate surface area is 171 Å². The summed E-state index contributed by atoms with van der Waals surface area (Å²) >= 11 is 0. The summed E-state index contributed by atoms with van der Waals surface area (Å²) in [5.41, 5.74) is 5.01. The predicted octanol–water partition coefficient (Wildman–Crippen LogP) is 5.52. The van der Waals surface area contributed by atoms with Gasteiger partial charge in [0.25, 0.3) is 5.69 Å². The molecule has 5 heteroatoms. The van der Waals surface area contributed by atoms with Gasteiger partial charge in [-0.05, 0) is 41.2 Å². The average Bonchev–Trinajstić information content (AvgIpc) is 3.10. The maximum Gasteiger partial charge on any atom is 0.269 e. The molecule has 0 spiro atoms. The second-order valence-electron chi connectivity index (χ2n) is 8.10. The van der Waals surface area contributed by atoms with E-state index in [9.17, 15) is 10.1 Å². The monoisotopic (exact) mass is 389 g/mol. The Balaban J connectivity index is 1.71. The van der Waals surface area contributed by atoms with E-state index in [0.717, 1.165) is 25.1 Å². The maximum atomic E-state index is 11.2. The highest BCUT2D eigenvalue weighted by Crippen LogP contribution is 2.34. The third-order valence-corrected chi connectivity index (χ3v) is 5.78. The van der Waals surface area contributed by atoms with Crippen LogP contribution < -0.4 is 0 Å². The molecule has 5 nitrogen and oxygen atoms in total. The van der Waals surface area contributed by atoms with Crippen molar-refractivity contribution in [3.8, 4) is 0 Å². The van der Waals surface area contributed by atoms with Crippen LogP contribution in [0.3, 0.4) is 0 Å². The standard InChI is InChI=1S/C24H27N3O2/c1-18(2)20-9-11-21(12-10-20)24-23-8-4-13-25(23)14-5-15-26(24)17-19-6-3-7-22(16-19)27(28)29/h3-4,6-13,16,18,24H,5,14-15,17H2,1-2H3/t24-/m1/s1. The summed E-state index contributed by atoms with van der Waals surface area (Å²) < 4.78 is 2.34. The van der Waals surface area contributed by atoms with Crippen LogP contribution in [0.4, 0.5) is 5.69 Å². The first-order chi connectivity index (χ1) is 14.0. The largest absolute Gasteiger partial charge is 0.350 e. The van der Waals surface area contributed by atoms with Gasteiger partial charge in [0.05, 0.1) is 11.0 Å². The maximum absolute atomic E-state index is 11.2. The normalized spacial score (nSPS) is 17.1. The summed E-state index contributed by atoms with van der Waals surface area (Å²) in [5, 5.41) is 11.2. The Kier molecular flexibility index (Phi) is 5.49. The third kappa shape index (κ3) is 4.10. The molecule has 0 unspecified atom stereocenters. The van der Waals surface area contributed by atoms with E-state index in [0.29, 0.717) is 12.5 Å². The van der Waals surface area contributed by atoms with Gasteiger partial charge >= 0.3 is 0 Å². The minimum Gasteiger partial charge on any atom is -0.350 e. The zero-order valence-electron chi connectivity index (χ0n) is 17.0. The molecule has 2 heterocycles. The summed E-state index contributed by atoms with van der Waals surface area (Å²) in [6.07, 6.45) is 3.21. The molecule has 0 aliphatic carbocycles.